The molecule has 2 rings (SSSR count). The molecule has 11 nitrogen and oxygen atoms in total. The van der Waals surface area contributed by atoms with Crippen LogP contribution in [0.25, 0.3) is 0 Å². The van der Waals surface area contributed by atoms with E-state index in [1.807, 2.05) is 19.9 Å². The number of benzene rings is 1. The third-order valence-electron chi connectivity index (χ3n) is 6.32. The molecular weight excluding hydrogens is 476 g/mol. The van der Waals surface area contributed by atoms with Crippen LogP contribution in [-0.2, 0) is 32.0 Å². The van der Waals surface area contributed by atoms with Crippen LogP contribution in [0.3, 0.4) is 0 Å². The molecule has 2 aromatic rings. The zero-order chi connectivity index (χ0) is 27.5. The van der Waals surface area contributed by atoms with E-state index in [-0.39, 0.29) is 24.7 Å². The maximum absolute atomic E-state index is 13.3. The standard InChI is InChI=1S/C26H38N6O5/c1-5-16(4)21(27)24(34)30-19(12-18-13-28-14-29-18)23(33)32-22(15(2)3)25(35)31-20(26(36)37)11-17-9-7-6-8-10-17/h6-10,13-16,19-22H,5,11-12,27H2,1-4H3,(H,28,29)(H,30,34)(H,31,35)(H,32,33)(H,36,37). The summed E-state index contributed by atoms with van der Waals surface area (Å²) < 4.78 is 0. The molecular formula is C26H38N6O5. The molecule has 0 radical (unpaired) electrons. The number of rotatable bonds is 14. The third-order valence-corrected chi connectivity index (χ3v) is 6.32. The summed E-state index contributed by atoms with van der Waals surface area (Å²) in [7, 11) is 0. The molecule has 1 aromatic heterocycles. The minimum Gasteiger partial charge on any atom is -0.480 e. The van der Waals surface area contributed by atoms with Crippen LogP contribution in [-0.4, -0.2) is 62.9 Å². The average Bonchev–Trinajstić information content (AvgIpc) is 3.38. The average molecular weight is 515 g/mol. The fraction of sp³-hybridized carbons (Fsp3) is 0.500. The number of hydrogen-bond donors (Lipinski definition) is 6. The predicted octanol–water partition coefficient (Wildman–Crippen LogP) is 0.763. The number of carboxylic acids is 1. The van der Waals surface area contributed by atoms with Crippen LogP contribution in [0.1, 0.15) is 45.4 Å². The van der Waals surface area contributed by atoms with Gasteiger partial charge in [0.05, 0.1) is 12.4 Å². The highest BCUT2D eigenvalue weighted by molar-refractivity contribution is 5.94. The maximum Gasteiger partial charge on any atom is 0.326 e. The van der Waals surface area contributed by atoms with Crippen LogP contribution in [0.2, 0.25) is 0 Å². The number of aliphatic carboxylic acids is 1. The van der Waals surface area contributed by atoms with Gasteiger partial charge in [-0.15, -0.1) is 0 Å². The Bertz CT molecular complexity index is 1030. The van der Waals surface area contributed by atoms with Crippen molar-refractivity contribution in [2.75, 3.05) is 0 Å². The fourth-order valence-electron chi connectivity index (χ4n) is 3.71. The van der Waals surface area contributed by atoms with Crippen molar-refractivity contribution >= 4 is 23.7 Å². The van der Waals surface area contributed by atoms with Crippen molar-refractivity contribution in [1.29, 1.82) is 0 Å². The van der Waals surface area contributed by atoms with E-state index in [1.54, 1.807) is 38.1 Å². The molecule has 37 heavy (non-hydrogen) atoms. The summed E-state index contributed by atoms with van der Waals surface area (Å²) >= 11 is 0. The summed E-state index contributed by atoms with van der Waals surface area (Å²) in [6, 6.07) is 4.89. The highest BCUT2D eigenvalue weighted by atomic mass is 16.4. The molecule has 5 atom stereocenters. The number of imidazole rings is 1. The summed E-state index contributed by atoms with van der Waals surface area (Å²) in [5, 5.41) is 17.6. The predicted molar refractivity (Wildman–Crippen MR) is 138 cm³/mol. The molecule has 0 fully saturated rings. The summed E-state index contributed by atoms with van der Waals surface area (Å²) in [6.45, 7) is 7.24. The van der Waals surface area contributed by atoms with Gasteiger partial charge >= 0.3 is 5.97 Å². The Balaban J connectivity index is 2.17. The molecule has 1 heterocycles. The number of nitrogens with two attached hydrogens (primary N) is 1. The first kappa shape index (κ1) is 29.5. The van der Waals surface area contributed by atoms with Gasteiger partial charge in [-0.3, -0.25) is 14.4 Å². The second-order valence-corrected chi connectivity index (χ2v) is 9.57. The van der Waals surface area contributed by atoms with Crippen molar-refractivity contribution in [2.24, 2.45) is 17.6 Å². The number of carbonyl (C=O) groups excluding carboxylic acids is 3. The highest BCUT2D eigenvalue weighted by Crippen LogP contribution is 2.10. The Morgan fingerprint density at radius 1 is 0.946 bits per heavy atom. The Kier molecular flexibility index (Phi) is 11.3. The Hall–Kier alpha value is -3.73. The van der Waals surface area contributed by atoms with Gasteiger partial charge in [0.1, 0.15) is 18.1 Å². The SMILES string of the molecule is CCC(C)C(N)C(=O)NC(Cc1cnc[nH]1)C(=O)NC(C(=O)NC(Cc1ccccc1)C(=O)O)C(C)C. The van der Waals surface area contributed by atoms with Gasteiger partial charge in [-0.2, -0.15) is 0 Å². The molecule has 0 spiro atoms. The van der Waals surface area contributed by atoms with Crippen LogP contribution >= 0.6 is 0 Å². The van der Waals surface area contributed by atoms with Crippen LogP contribution in [0.15, 0.2) is 42.9 Å². The number of aromatic amines is 1. The number of nitrogens with zero attached hydrogens (tertiary/aromatic N) is 1. The number of nitrogens with one attached hydrogen (secondary N) is 4. The van der Waals surface area contributed by atoms with Gasteiger partial charge in [0.25, 0.3) is 0 Å². The van der Waals surface area contributed by atoms with E-state index in [2.05, 4.69) is 25.9 Å². The first-order valence-electron chi connectivity index (χ1n) is 12.4. The summed E-state index contributed by atoms with van der Waals surface area (Å²) in [6.07, 6.45) is 3.87. The largest absolute Gasteiger partial charge is 0.480 e. The van der Waals surface area contributed by atoms with E-state index in [4.69, 9.17) is 5.73 Å². The highest BCUT2D eigenvalue weighted by Gasteiger charge is 2.32. The minimum absolute atomic E-state index is 0.0900. The van der Waals surface area contributed by atoms with Crippen LogP contribution in [0.5, 0.6) is 0 Å². The van der Waals surface area contributed by atoms with E-state index >= 15 is 0 Å². The Morgan fingerprint density at radius 3 is 2.14 bits per heavy atom. The second-order valence-electron chi connectivity index (χ2n) is 9.57. The molecule has 0 aliphatic heterocycles. The lowest BCUT2D eigenvalue weighted by Crippen LogP contribution is -2.59. The Morgan fingerprint density at radius 2 is 1.59 bits per heavy atom. The maximum atomic E-state index is 13.3. The lowest BCUT2D eigenvalue weighted by atomic mass is 9.98. The van der Waals surface area contributed by atoms with E-state index in [9.17, 15) is 24.3 Å². The van der Waals surface area contributed by atoms with Crippen molar-refractivity contribution in [3.8, 4) is 0 Å². The quantitative estimate of drug-likeness (QED) is 0.215. The number of carboxylic acid groups (broad SMARTS) is 1. The zero-order valence-electron chi connectivity index (χ0n) is 21.7. The molecule has 5 unspecified atom stereocenters. The molecule has 0 bridgehead atoms. The number of hydrogen-bond acceptors (Lipinski definition) is 6. The van der Waals surface area contributed by atoms with E-state index in [0.717, 1.165) is 5.56 Å². The van der Waals surface area contributed by atoms with Gasteiger partial charge in [-0.05, 0) is 17.4 Å². The minimum atomic E-state index is -1.19. The van der Waals surface area contributed by atoms with Gasteiger partial charge in [0.2, 0.25) is 17.7 Å². The smallest absolute Gasteiger partial charge is 0.326 e. The van der Waals surface area contributed by atoms with Crippen LogP contribution in [0, 0.1) is 11.8 Å². The Labute approximate surface area is 217 Å². The second kappa shape index (κ2) is 14.1. The molecule has 3 amide bonds. The molecule has 0 saturated heterocycles. The lowest BCUT2D eigenvalue weighted by Gasteiger charge is -2.27. The van der Waals surface area contributed by atoms with E-state index in [1.165, 1.54) is 12.5 Å². The summed E-state index contributed by atoms with van der Waals surface area (Å²) in [5.74, 6) is -3.34. The fourth-order valence-corrected chi connectivity index (χ4v) is 3.71. The molecule has 1 aromatic carbocycles. The van der Waals surface area contributed by atoms with Crippen LogP contribution < -0.4 is 21.7 Å². The first-order valence-corrected chi connectivity index (χ1v) is 12.4. The first-order chi connectivity index (χ1) is 17.5. The van der Waals surface area contributed by atoms with Crippen molar-refractivity contribution in [1.82, 2.24) is 25.9 Å². The van der Waals surface area contributed by atoms with Gasteiger partial charge in [0.15, 0.2) is 0 Å². The number of aromatic nitrogens is 2. The summed E-state index contributed by atoms with van der Waals surface area (Å²) in [4.78, 5) is 57.8. The van der Waals surface area contributed by atoms with Crippen molar-refractivity contribution in [2.45, 2.75) is 71.1 Å². The third kappa shape index (κ3) is 9.02. The van der Waals surface area contributed by atoms with Crippen LogP contribution in [0.4, 0.5) is 0 Å². The topological polar surface area (TPSA) is 179 Å². The van der Waals surface area contributed by atoms with Gasteiger partial charge in [-0.25, -0.2) is 9.78 Å². The van der Waals surface area contributed by atoms with E-state index in [0.29, 0.717) is 12.1 Å². The van der Waals surface area contributed by atoms with Crippen molar-refractivity contribution in [3.05, 3.63) is 54.1 Å². The normalized spacial score (nSPS) is 15.2. The molecule has 0 saturated carbocycles. The molecule has 11 heteroatoms. The van der Waals surface area contributed by atoms with Crippen molar-refractivity contribution in [3.63, 3.8) is 0 Å². The molecule has 0 aliphatic carbocycles. The summed E-state index contributed by atoms with van der Waals surface area (Å²) in [5.41, 5.74) is 7.41. The number of H-pyrrole nitrogens is 1. The van der Waals surface area contributed by atoms with Crippen molar-refractivity contribution < 1.29 is 24.3 Å². The number of carbonyl (C=O) groups is 4. The molecule has 0 aliphatic rings. The monoisotopic (exact) mass is 514 g/mol. The van der Waals surface area contributed by atoms with Gasteiger partial charge in [0, 0.05) is 24.7 Å². The zero-order valence-corrected chi connectivity index (χ0v) is 21.7. The van der Waals surface area contributed by atoms with Gasteiger partial charge in [-0.1, -0.05) is 64.4 Å². The molecule has 7 N–H and O–H groups in total. The molecule has 202 valence electrons. The lowest BCUT2D eigenvalue weighted by molar-refractivity contribution is -0.142. The van der Waals surface area contributed by atoms with Gasteiger partial charge < -0.3 is 31.8 Å². The number of amides is 3. The van der Waals surface area contributed by atoms with E-state index < -0.39 is 47.9 Å².